The molecule has 1 fully saturated rings. The smallest absolute Gasteiger partial charge is 0.0965 e. The molecule has 1 N–H and O–H groups in total. The van der Waals surface area contributed by atoms with E-state index in [0.717, 1.165) is 31.7 Å². The van der Waals surface area contributed by atoms with Gasteiger partial charge >= 0.3 is 0 Å². The van der Waals surface area contributed by atoms with Crippen molar-refractivity contribution in [2.75, 3.05) is 19.9 Å². The summed E-state index contributed by atoms with van der Waals surface area (Å²) in [5, 5.41) is 3.19. The van der Waals surface area contributed by atoms with Crippen molar-refractivity contribution in [3.8, 4) is 0 Å². The Morgan fingerprint density at radius 2 is 1.71 bits per heavy atom. The van der Waals surface area contributed by atoms with Crippen molar-refractivity contribution in [1.29, 1.82) is 0 Å². The van der Waals surface area contributed by atoms with Crippen LogP contribution in [-0.4, -0.2) is 19.9 Å². The van der Waals surface area contributed by atoms with Crippen molar-refractivity contribution in [2.24, 2.45) is 11.8 Å². The number of rotatable bonds is 6. The topological polar surface area (TPSA) is 21.3 Å². The van der Waals surface area contributed by atoms with Crippen LogP contribution in [0.2, 0.25) is 0 Å². The second-order valence-electron chi connectivity index (χ2n) is 4.41. The Bertz CT molecular complexity index is 130. The molecule has 2 nitrogen and oxygen atoms in total. The Hall–Kier alpha value is -0.0800. The van der Waals surface area contributed by atoms with Gasteiger partial charge in [-0.3, -0.25) is 5.32 Å². The van der Waals surface area contributed by atoms with Crippen LogP contribution < -0.4 is 5.32 Å². The van der Waals surface area contributed by atoms with Gasteiger partial charge in [0.2, 0.25) is 0 Å². The molecule has 0 radical (unpaired) electrons. The Balaban J connectivity index is 1.98. The molecule has 2 heteroatoms. The molecule has 0 bridgehead atoms. The van der Waals surface area contributed by atoms with Gasteiger partial charge in [0.15, 0.2) is 0 Å². The zero-order valence-corrected chi connectivity index (χ0v) is 9.72. The zero-order valence-electron chi connectivity index (χ0n) is 9.72. The minimum atomic E-state index is 0.726. The van der Waals surface area contributed by atoms with E-state index in [0.29, 0.717) is 0 Å². The predicted octanol–water partition coefficient (Wildman–Crippen LogP) is 2.79. The SMILES string of the molecule is CCNCOCC1CCC(CC)CC1. The van der Waals surface area contributed by atoms with Gasteiger partial charge in [0.05, 0.1) is 13.3 Å². The van der Waals surface area contributed by atoms with Gasteiger partial charge in [-0.15, -0.1) is 0 Å². The first-order valence-corrected chi connectivity index (χ1v) is 6.15. The lowest BCUT2D eigenvalue weighted by Gasteiger charge is -2.27. The molecule has 0 aromatic heterocycles. The number of hydrogen-bond acceptors (Lipinski definition) is 2. The maximum Gasteiger partial charge on any atom is 0.0965 e. The van der Waals surface area contributed by atoms with E-state index in [-0.39, 0.29) is 0 Å². The van der Waals surface area contributed by atoms with Gasteiger partial charge < -0.3 is 4.74 Å². The maximum atomic E-state index is 5.57. The first-order valence-electron chi connectivity index (χ1n) is 6.15. The fourth-order valence-corrected chi connectivity index (χ4v) is 2.21. The predicted molar refractivity (Wildman–Crippen MR) is 60.2 cm³/mol. The largest absolute Gasteiger partial charge is 0.366 e. The summed E-state index contributed by atoms with van der Waals surface area (Å²) in [6.07, 6.45) is 6.97. The molecule has 0 aliphatic heterocycles. The number of nitrogens with one attached hydrogen (secondary N) is 1. The van der Waals surface area contributed by atoms with Gasteiger partial charge in [0.1, 0.15) is 0 Å². The van der Waals surface area contributed by atoms with Crippen molar-refractivity contribution in [3.63, 3.8) is 0 Å². The van der Waals surface area contributed by atoms with Gasteiger partial charge in [-0.05, 0) is 31.2 Å². The molecule has 1 saturated carbocycles. The van der Waals surface area contributed by atoms with Crippen molar-refractivity contribution < 1.29 is 4.74 Å². The summed E-state index contributed by atoms with van der Waals surface area (Å²) < 4.78 is 5.57. The average molecular weight is 199 g/mol. The first-order chi connectivity index (χ1) is 6.86. The van der Waals surface area contributed by atoms with Crippen molar-refractivity contribution in [3.05, 3.63) is 0 Å². The van der Waals surface area contributed by atoms with Crippen LogP contribution in [-0.2, 0) is 4.74 Å². The molecule has 1 rings (SSSR count). The van der Waals surface area contributed by atoms with E-state index in [1.165, 1.54) is 32.1 Å². The Morgan fingerprint density at radius 3 is 2.29 bits per heavy atom. The highest BCUT2D eigenvalue weighted by Gasteiger charge is 2.19. The summed E-state index contributed by atoms with van der Waals surface area (Å²) in [7, 11) is 0. The number of ether oxygens (including phenoxy) is 1. The normalized spacial score (nSPS) is 27.9. The van der Waals surface area contributed by atoms with Crippen LogP contribution in [0, 0.1) is 11.8 Å². The molecule has 84 valence electrons. The maximum absolute atomic E-state index is 5.57. The monoisotopic (exact) mass is 199 g/mol. The molecule has 0 spiro atoms. The van der Waals surface area contributed by atoms with Gasteiger partial charge in [-0.25, -0.2) is 0 Å². The minimum absolute atomic E-state index is 0.726. The second-order valence-corrected chi connectivity index (χ2v) is 4.41. The van der Waals surface area contributed by atoms with Crippen LogP contribution in [0.4, 0.5) is 0 Å². The first kappa shape index (κ1) is 12.0. The van der Waals surface area contributed by atoms with Gasteiger partial charge in [-0.1, -0.05) is 33.1 Å². The third-order valence-corrected chi connectivity index (χ3v) is 3.35. The molecule has 0 saturated heterocycles. The van der Waals surface area contributed by atoms with Crippen LogP contribution in [0.1, 0.15) is 46.0 Å². The minimum Gasteiger partial charge on any atom is -0.366 e. The van der Waals surface area contributed by atoms with Crippen LogP contribution in [0.5, 0.6) is 0 Å². The third kappa shape index (κ3) is 4.43. The van der Waals surface area contributed by atoms with E-state index >= 15 is 0 Å². The Labute approximate surface area is 88.4 Å². The standard InChI is InChI=1S/C12H25NO/c1-3-11-5-7-12(8-6-11)9-14-10-13-4-2/h11-13H,3-10H2,1-2H3. The van der Waals surface area contributed by atoms with Crippen molar-refractivity contribution in [2.45, 2.75) is 46.0 Å². The number of hydrogen-bond donors (Lipinski definition) is 1. The van der Waals surface area contributed by atoms with E-state index in [1.54, 1.807) is 0 Å². The summed E-state index contributed by atoms with van der Waals surface area (Å²) in [6, 6.07) is 0. The highest BCUT2D eigenvalue weighted by Crippen LogP contribution is 2.30. The Kier molecular flexibility index (Phi) is 6.20. The lowest BCUT2D eigenvalue weighted by Crippen LogP contribution is -2.23. The van der Waals surface area contributed by atoms with E-state index in [9.17, 15) is 0 Å². The summed E-state index contributed by atoms with van der Waals surface area (Å²) >= 11 is 0. The second kappa shape index (κ2) is 7.24. The summed E-state index contributed by atoms with van der Waals surface area (Å²) in [5.74, 6) is 1.83. The molecule has 0 amide bonds. The van der Waals surface area contributed by atoms with Crippen LogP contribution in [0.25, 0.3) is 0 Å². The summed E-state index contributed by atoms with van der Waals surface area (Å²) in [4.78, 5) is 0. The molecule has 0 heterocycles. The highest BCUT2D eigenvalue weighted by atomic mass is 16.5. The van der Waals surface area contributed by atoms with Gasteiger partial charge in [-0.2, -0.15) is 0 Å². The molecule has 14 heavy (non-hydrogen) atoms. The molecular formula is C12H25NO. The van der Waals surface area contributed by atoms with E-state index < -0.39 is 0 Å². The van der Waals surface area contributed by atoms with Gasteiger partial charge in [0, 0.05) is 0 Å². The van der Waals surface area contributed by atoms with Crippen molar-refractivity contribution >= 4 is 0 Å². The molecule has 0 atom stereocenters. The lowest BCUT2D eigenvalue weighted by molar-refractivity contribution is 0.0666. The fraction of sp³-hybridized carbons (Fsp3) is 1.00. The van der Waals surface area contributed by atoms with E-state index in [4.69, 9.17) is 4.74 Å². The fourth-order valence-electron chi connectivity index (χ4n) is 2.21. The molecular weight excluding hydrogens is 174 g/mol. The molecule has 0 unspecified atom stereocenters. The lowest BCUT2D eigenvalue weighted by atomic mass is 9.81. The summed E-state index contributed by atoms with van der Waals surface area (Å²) in [5.41, 5.74) is 0. The molecule has 1 aliphatic rings. The molecule has 0 aromatic carbocycles. The van der Waals surface area contributed by atoms with Gasteiger partial charge in [0.25, 0.3) is 0 Å². The van der Waals surface area contributed by atoms with Crippen LogP contribution in [0.15, 0.2) is 0 Å². The average Bonchev–Trinajstić information content (AvgIpc) is 2.25. The zero-order chi connectivity index (χ0) is 10.2. The highest BCUT2D eigenvalue weighted by molar-refractivity contribution is 4.71. The van der Waals surface area contributed by atoms with Crippen LogP contribution >= 0.6 is 0 Å². The molecule has 0 aromatic rings. The van der Waals surface area contributed by atoms with E-state index in [2.05, 4.69) is 19.2 Å². The third-order valence-electron chi connectivity index (χ3n) is 3.35. The Morgan fingerprint density at radius 1 is 1.07 bits per heavy atom. The van der Waals surface area contributed by atoms with E-state index in [1.807, 2.05) is 0 Å². The molecule has 1 aliphatic carbocycles. The summed E-state index contributed by atoms with van der Waals surface area (Å²) in [6.45, 7) is 7.11. The quantitative estimate of drug-likeness (QED) is 0.524. The van der Waals surface area contributed by atoms with Crippen molar-refractivity contribution in [1.82, 2.24) is 5.32 Å². The van der Waals surface area contributed by atoms with Crippen LogP contribution in [0.3, 0.4) is 0 Å².